The number of carboxylic acids is 1. The number of aliphatic carboxylic acids is 1. The van der Waals surface area contributed by atoms with Crippen LogP contribution in [0.1, 0.15) is 11.1 Å². The lowest BCUT2D eigenvalue weighted by atomic mass is 10.1. The Morgan fingerprint density at radius 2 is 1.83 bits per heavy atom. The second-order valence-corrected chi connectivity index (χ2v) is 5.08. The average molecular weight is 305 g/mol. The van der Waals surface area contributed by atoms with Crippen LogP contribution in [0.15, 0.2) is 66.9 Å². The van der Waals surface area contributed by atoms with Crippen LogP contribution in [0.4, 0.5) is 0 Å². The van der Waals surface area contributed by atoms with Crippen molar-refractivity contribution >= 4 is 12.0 Å². The summed E-state index contributed by atoms with van der Waals surface area (Å²) in [6.07, 6.45) is 4.60. The maximum Gasteiger partial charge on any atom is 0.328 e. The van der Waals surface area contributed by atoms with Crippen molar-refractivity contribution in [3.63, 3.8) is 0 Å². The lowest BCUT2D eigenvalue weighted by Crippen LogP contribution is -2.00. The molecule has 0 bridgehead atoms. The number of rotatable bonds is 5. The summed E-state index contributed by atoms with van der Waals surface area (Å²) in [6, 6.07) is 17.6. The van der Waals surface area contributed by atoms with E-state index in [-0.39, 0.29) is 0 Å². The first-order valence-electron chi connectivity index (χ1n) is 7.16. The summed E-state index contributed by atoms with van der Waals surface area (Å²) in [5.41, 5.74) is 3.79. The molecular formula is C18H15N3O2. The molecule has 1 heterocycles. The third kappa shape index (κ3) is 3.91. The standard InChI is InChI=1S/C18H15N3O2/c22-18(23)11-10-14-6-8-15(9-7-14)12-21-13-17(19-20-21)16-4-2-1-3-5-16/h1-11,13H,12H2,(H,22,23)/b11-10+. The summed E-state index contributed by atoms with van der Waals surface area (Å²) in [5, 5.41) is 16.9. The number of hydrogen-bond donors (Lipinski definition) is 1. The molecule has 1 N–H and O–H groups in total. The Morgan fingerprint density at radius 1 is 1.09 bits per heavy atom. The summed E-state index contributed by atoms with van der Waals surface area (Å²) in [5.74, 6) is -0.954. The van der Waals surface area contributed by atoms with Gasteiger partial charge in [-0.25, -0.2) is 9.48 Å². The van der Waals surface area contributed by atoms with Crippen LogP contribution in [-0.2, 0) is 11.3 Å². The highest BCUT2D eigenvalue weighted by molar-refractivity contribution is 5.85. The van der Waals surface area contributed by atoms with E-state index in [0.717, 1.165) is 28.5 Å². The number of nitrogens with zero attached hydrogens (tertiary/aromatic N) is 3. The van der Waals surface area contributed by atoms with E-state index in [1.807, 2.05) is 60.8 Å². The van der Waals surface area contributed by atoms with Crippen LogP contribution < -0.4 is 0 Å². The summed E-state index contributed by atoms with van der Waals surface area (Å²) in [6.45, 7) is 0.614. The predicted molar refractivity (Wildman–Crippen MR) is 87.7 cm³/mol. The van der Waals surface area contributed by atoms with Crippen LogP contribution in [0, 0.1) is 0 Å². The van der Waals surface area contributed by atoms with Crippen LogP contribution in [0.2, 0.25) is 0 Å². The average Bonchev–Trinajstić information content (AvgIpc) is 3.03. The fraction of sp³-hybridized carbons (Fsp3) is 0.0556. The second kappa shape index (κ2) is 6.70. The topological polar surface area (TPSA) is 68.0 Å². The molecule has 0 fully saturated rings. The number of benzene rings is 2. The van der Waals surface area contributed by atoms with Gasteiger partial charge in [0.15, 0.2) is 0 Å². The third-order valence-corrected chi connectivity index (χ3v) is 3.35. The number of aromatic nitrogens is 3. The zero-order valence-electron chi connectivity index (χ0n) is 12.3. The normalized spacial score (nSPS) is 11.0. The minimum atomic E-state index is -0.954. The predicted octanol–water partition coefficient (Wildman–Crippen LogP) is 3.09. The van der Waals surface area contributed by atoms with Gasteiger partial charge < -0.3 is 5.11 Å². The molecule has 5 nitrogen and oxygen atoms in total. The zero-order valence-corrected chi connectivity index (χ0v) is 12.3. The fourth-order valence-corrected chi connectivity index (χ4v) is 2.21. The molecular weight excluding hydrogens is 290 g/mol. The van der Waals surface area contributed by atoms with E-state index in [2.05, 4.69) is 10.3 Å². The van der Waals surface area contributed by atoms with Crippen molar-refractivity contribution in [3.8, 4) is 11.3 Å². The van der Waals surface area contributed by atoms with E-state index in [9.17, 15) is 4.79 Å². The number of carboxylic acid groups (broad SMARTS) is 1. The molecule has 1 aromatic heterocycles. The van der Waals surface area contributed by atoms with Crippen LogP contribution >= 0.6 is 0 Å². The quantitative estimate of drug-likeness (QED) is 0.735. The molecule has 3 rings (SSSR count). The Hall–Kier alpha value is -3.21. The number of hydrogen-bond acceptors (Lipinski definition) is 3. The van der Waals surface area contributed by atoms with Gasteiger partial charge in [-0.05, 0) is 17.2 Å². The molecule has 0 aliphatic rings. The van der Waals surface area contributed by atoms with Crippen LogP contribution in [-0.4, -0.2) is 26.1 Å². The maximum atomic E-state index is 10.5. The maximum absolute atomic E-state index is 10.5. The lowest BCUT2D eigenvalue weighted by Gasteiger charge is -2.01. The molecule has 0 aliphatic heterocycles. The van der Waals surface area contributed by atoms with Crippen LogP contribution in [0.25, 0.3) is 17.3 Å². The van der Waals surface area contributed by atoms with Crippen LogP contribution in [0.5, 0.6) is 0 Å². The zero-order chi connectivity index (χ0) is 16.1. The van der Waals surface area contributed by atoms with Crippen molar-refractivity contribution in [1.29, 1.82) is 0 Å². The molecule has 0 spiro atoms. The molecule has 0 unspecified atom stereocenters. The smallest absolute Gasteiger partial charge is 0.328 e. The molecule has 2 aromatic carbocycles. The van der Waals surface area contributed by atoms with E-state index in [4.69, 9.17) is 5.11 Å². The molecule has 0 saturated carbocycles. The summed E-state index contributed by atoms with van der Waals surface area (Å²) in [7, 11) is 0. The van der Waals surface area contributed by atoms with Gasteiger partial charge in [-0.3, -0.25) is 0 Å². The Labute approximate surface area is 133 Å². The Morgan fingerprint density at radius 3 is 2.52 bits per heavy atom. The molecule has 23 heavy (non-hydrogen) atoms. The van der Waals surface area contributed by atoms with E-state index in [1.54, 1.807) is 10.8 Å². The third-order valence-electron chi connectivity index (χ3n) is 3.35. The molecule has 114 valence electrons. The van der Waals surface area contributed by atoms with Gasteiger partial charge in [0.1, 0.15) is 5.69 Å². The molecule has 3 aromatic rings. The fourth-order valence-electron chi connectivity index (χ4n) is 2.21. The minimum absolute atomic E-state index is 0.614. The van der Waals surface area contributed by atoms with Crippen molar-refractivity contribution < 1.29 is 9.90 Å². The molecule has 0 saturated heterocycles. The van der Waals surface area contributed by atoms with Crippen molar-refractivity contribution in [3.05, 3.63) is 78.0 Å². The van der Waals surface area contributed by atoms with Gasteiger partial charge >= 0.3 is 5.97 Å². The Bertz CT molecular complexity index is 821. The molecule has 0 atom stereocenters. The van der Waals surface area contributed by atoms with E-state index in [1.165, 1.54) is 0 Å². The van der Waals surface area contributed by atoms with Gasteiger partial charge in [0.05, 0.1) is 12.7 Å². The van der Waals surface area contributed by atoms with Gasteiger partial charge in [0, 0.05) is 11.6 Å². The first kappa shape index (κ1) is 14.7. The van der Waals surface area contributed by atoms with Crippen molar-refractivity contribution in [2.75, 3.05) is 0 Å². The van der Waals surface area contributed by atoms with E-state index >= 15 is 0 Å². The van der Waals surface area contributed by atoms with Crippen molar-refractivity contribution in [2.24, 2.45) is 0 Å². The highest BCUT2D eigenvalue weighted by Crippen LogP contribution is 2.15. The minimum Gasteiger partial charge on any atom is -0.478 e. The van der Waals surface area contributed by atoms with Crippen molar-refractivity contribution in [2.45, 2.75) is 6.54 Å². The summed E-state index contributed by atoms with van der Waals surface area (Å²) in [4.78, 5) is 10.5. The van der Waals surface area contributed by atoms with Gasteiger partial charge in [0.2, 0.25) is 0 Å². The SMILES string of the molecule is O=C(O)/C=C/c1ccc(Cn2cc(-c3ccccc3)nn2)cc1. The van der Waals surface area contributed by atoms with Gasteiger partial charge in [-0.15, -0.1) is 5.10 Å². The van der Waals surface area contributed by atoms with E-state index in [0.29, 0.717) is 6.54 Å². The van der Waals surface area contributed by atoms with Crippen LogP contribution in [0.3, 0.4) is 0 Å². The molecule has 0 amide bonds. The lowest BCUT2D eigenvalue weighted by molar-refractivity contribution is -0.131. The van der Waals surface area contributed by atoms with Gasteiger partial charge in [-0.1, -0.05) is 59.8 Å². The molecule has 0 aliphatic carbocycles. The second-order valence-electron chi connectivity index (χ2n) is 5.08. The molecule has 5 heteroatoms. The van der Waals surface area contributed by atoms with Gasteiger partial charge in [0.25, 0.3) is 0 Å². The summed E-state index contributed by atoms with van der Waals surface area (Å²) < 4.78 is 1.78. The highest BCUT2D eigenvalue weighted by Gasteiger charge is 2.03. The largest absolute Gasteiger partial charge is 0.478 e. The number of carbonyl (C=O) groups is 1. The Kier molecular flexibility index (Phi) is 4.29. The molecule has 0 radical (unpaired) electrons. The van der Waals surface area contributed by atoms with E-state index < -0.39 is 5.97 Å². The first-order valence-corrected chi connectivity index (χ1v) is 7.16. The highest BCUT2D eigenvalue weighted by atomic mass is 16.4. The van der Waals surface area contributed by atoms with Crippen molar-refractivity contribution in [1.82, 2.24) is 15.0 Å². The summed E-state index contributed by atoms with van der Waals surface area (Å²) >= 11 is 0. The monoisotopic (exact) mass is 305 g/mol. The Balaban J connectivity index is 1.70. The first-order chi connectivity index (χ1) is 11.2. The van der Waals surface area contributed by atoms with Gasteiger partial charge in [-0.2, -0.15) is 0 Å².